The molecule has 2 aromatic rings. The topological polar surface area (TPSA) is 33.1 Å². The summed E-state index contributed by atoms with van der Waals surface area (Å²) in [6.07, 6.45) is 0. The van der Waals surface area contributed by atoms with Crippen LogP contribution < -0.4 is 0 Å². The van der Waals surface area contributed by atoms with Gasteiger partial charge in [0.1, 0.15) is 0 Å². The molecule has 0 spiro atoms. The Kier molecular flexibility index (Phi) is 3.37. The number of rotatable bonds is 2. The van der Waals surface area contributed by atoms with Crippen LogP contribution in [0.5, 0.6) is 0 Å². The van der Waals surface area contributed by atoms with Crippen LogP contribution in [0.4, 0.5) is 8.78 Å². The fraction of sp³-hybridized carbons (Fsp3) is 0.0714. The van der Waals surface area contributed by atoms with Crippen LogP contribution in [0.2, 0.25) is 0 Å². The highest BCUT2D eigenvalue weighted by Crippen LogP contribution is 2.22. The van der Waals surface area contributed by atoms with Crippen molar-refractivity contribution in [2.45, 2.75) is 0 Å². The van der Waals surface area contributed by atoms with Crippen molar-refractivity contribution < 1.29 is 13.5 Å². The van der Waals surface area contributed by atoms with E-state index in [2.05, 4.69) is 0 Å². The van der Waals surface area contributed by atoms with Crippen LogP contribution in [0.15, 0.2) is 42.5 Å². The Bertz CT molecular complexity index is 596. The number of halogens is 2. The van der Waals surface area contributed by atoms with Crippen molar-refractivity contribution in [1.82, 2.24) is 0 Å². The van der Waals surface area contributed by atoms with Gasteiger partial charge in [0.2, 0.25) is 5.90 Å². The smallest absolute Gasteiger partial charge is 0.212 e. The lowest BCUT2D eigenvalue weighted by Gasteiger charge is -2.06. The molecule has 0 heterocycles. The summed E-state index contributed by atoms with van der Waals surface area (Å²) >= 11 is 0. The second-order valence-electron chi connectivity index (χ2n) is 3.74. The summed E-state index contributed by atoms with van der Waals surface area (Å²) in [5, 5.41) is 7.56. The summed E-state index contributed by atoms with van der Waals surface area (Å²) < 4.78 is 30.8. The fourth-order valence-electron chi connectivity index (χ4n) is 1.63. The maximum absolute atomic E-state index is 13.1. The van der Waals surface area contributed by atoms with Gasteiger partial charge in [-0.25, -0.2) is 8.78 Å². The molecule has 0 aliphatic carbocycles. The highest BCUT2D eigenvalue weighted by atomic mass is 19.2. The average molecular weight is 247 g/mol. The number of hydrogen-bond acceptors (Lipinski definition) is 2. The predicted molar refractivity (Wildman–Crippen MR) is 65.6 cm³/mol. The van der Waals surface area contributed by atoms with Crippen LogP contribution in [0.3, 0.4) is 0 Å². The monoisotopic (exact) mass is 247 g/mol. The molecule has 0 unspecified atom stereocenters. The SMILES string of the molecule is COC(=N)c1cccc(-c2ccc(F)c(F)c2)c1. The number of ether oxygens (including phenoxy) is 1. The summed E-state index contributed by atoms with van der Waals surface area (Å²) in [4.78, 5) is 0. The fourth-order valence-corrected chi connectivity index (χ4v) is 1.63. The van der Waals surface area contributed by atoms with Crippen LogP contribution in [-0.4, -0.2) is 13.0 Å². The molecule has 2 aromatic carbocycles. The minimum absolute atomic E-state index is 0.0273. The molecule has 92 valence electrons. The van der Waals surface area contributed by atoms with Crippen LogP contribution >= 0.6 is 0 Å². The van der Waals surface area contributed by atoms with Crippen molar-refractivity contribution >= 4 is 5.90 Å². The van der Waals surface area contributed by atoms with Crippen molar-refractivity contribution in [3.63, 3.8) is 0 Å². The van der Waals surface area contributed by atoms with Gasteiger partial charge in [0.05, 0.1) is 7.11 Å². The molecule has 0 bridgehead atoms. The molecular weight excluding hydrogens is 236 g/mol. The van der Waals surface area contributed by atoms with Gasteiger partial charge in [-0.3, -0.25) is 5.41 Å². The second-order valence-corrected chi connectivity index (χ2v) is 3.74. The molecule has 18 heavy (non-hydrogen) atoms. The lowest BCUT2D eigenvalue weighted by molar-refractivity contribution is 0.401. The van der Waals surface area contributed by atoms with Crippen molar-refractivity contribution in [3.05, 3.63) is 59.7 Å². The highest BCUT2D eigenvalue weighted by Gasteiger charge is 2.07. The first kappa shape index (κ1) is 12.2. The van der Waals surface area contributed by atoms with E-state index >= 15 is 0 Å². The Balaban J connectivity index is 2.44. The quantitative estimate of drug-likeness (QED) is 0.638. The zero-order chi connectivity index (χ0) is 13.1. The van der Waals surface area contributed by atoms with E-state index < -0.39 is 11.6 Å². The summed E-state index contributed by atoms with van der Waals surface area (Å²) in [6, 6.07) is 10.6. The first-order valence-electron chi connectivity index (χ1n) is 5.30. The van der Waals surface area contributed by atoms with Crippen LogP contribution in [-0.2, 0) is 4.74 Å². The summed E-state index contributed by atoms with van der Waals surface area (Å²) in [5.41, 5.74) is 1.84. The average Bonchev–Trinajstić information content (AvgIpc) is 2.41. The standard InChI is InChI=1S/C14H11F2NO/c1-18-14(17)11-4-2-3-9(7-11)10-5-6-12(15)13(16)8-10/h2-8,17H,1H3. The molecular formula is C14H11F2NO. The minimum Gasteiger partial charge on any atom is -0.481 e. The largest absolute Gasteiger partial charge is 0.481 e. The molecule has 0 saturated heterocycles. The first-order chi connectivity index (χ1) is 8.61. The number of nitrogens with one attached hydrogen (secondary N) is 1. The molecule has 0 aromatic heterocycles. The summed E-state index contributed by atoms with van der Waals surface area (Å²) in [5.74, 6) is -1.74. The zero-order valence-electron chi connectivity index (χ0n) is 9.71. The Hall–Kier alpha value is -2.23. The highest BCUT2D eigenvalue weighted by molar-refractivity contribution is 5.92. The number of hydrogen-bond donors (Lipinski definition) is 1. The van der Waals surface area contributed by atoms with E-state index in [-0.39, 0.29) is 5.90 Å². The van der Waals surface area contributed by atoms with E-state index in [4.69, 9.17) is 10.1 Å². The van der Waals surface area contributed by atoms with Crippen molar-refractivity contribution in [3.8, 4) is 11.1 Å². The third-order valence-corrected chi connectivity index (χ3v) is 2.58. The molecule has 1 N–H and O–H groups in total. The second kappa shape index (κ2) is 4.96. The molecule has 0 fully saturated rings. The van der Waals surface area contributed by atoms with Crippen LogP contribution in [0.1, 0.15) is 5.56 Å². The lowest BCUT2D eigenvalue weighted by atomic mass is 10.0. The first-order valence-corrected chi connectivity index (χ1v) is 5.30. The molecule has 0 aliphatic heterocycles. The molecule has 2 rings (SSSR count). The summed E-state index contributed by atoms with van der Waals surface area (Å²) in [7, 11) is 1.41. The van der Waals surface area contributed by atoms with Crippen LogP contribution in [0, 0.1) is 17.0 Å². The Labute approximate surface area is 103 Å². The van der Waals surface area contributed by atoms with Gasteiger partial charge in [0.15, 0.2) is 11.6 Å². The Morgan fingerprint density at radius 2 is 1.72 bits per heavy atom. The van der Waals surface area contributed by atoms with Gasteiger partial charge >= 0.3 is 0 Å². The third-order valence-electron chi connectivity index (χ3n) is 2.58. The van der Waals surface area contributed by atoms with Crippen molar-refractivity contribution in [1.29, 1.82) is 5.41 Å². The maximum Gasteiger partial charge on any atom is 0.212 e. The predicted octanol–water partition coefficient (Wildman–Crippen LogP) is 3.60. The van der Waals surface area contributed by atoms with Crippen LogP contribution in [0.25, 0.3) is 11.1 Å². The lowest BCUT2D eigenvalue weighted by Crippen LogP contribution is -2.00. The summed E-state index contributed by atoms with van der Waals surface area (Å²) in [6.45, 7) is 0. The minimum atomic E-state index is -0.889. The van der Waals surface area contributed by atoms with Gasteiger partial charge in [-0.15, -0.1) is 0 Å². The zero-order valence-corrected chi connectivity index (χ0v) is 9.71. The number of benzene rings is 2. The molecule has 4 heteroatoms. The maximum atomic E-state index is 13.1. The van der Waals surface area contributed by atoms with Crippen molar-refractivity contribution in [2.24, 2.45) is 0 Å². The van der Waals surface area contributed by atoms with Crippen molar-refractivity contribution in [2.75, 3.05) is 7.11 Å². The van der Waals surface area contributed by atoms with Gasteiger partial charge < -0.3 is 4.74 Å². The molecule has 0 saturated carbocycles. The molecule has 0 radical (unpaired) electrons. The van der Waals surface area contributed by atoms with E-state index in [0.717, 1.165) is 12.1 Å². The van der Waals surface area contributed by atoms with E-state index in [1.165, 1.54) is 13.2 Å². The Morgan fingerprint density at radius 1 is 1.00 bits per heavy atom. The number of methoxy groups -OCH3 is 1. The molecule has 0 atom stereocenters. The molecule has 0 amide bonds. The third kappa shape index (κ3) is 2.37. The molecule has 2 nitrogen and oxygen atoms in total. The van der Waals surface area contributed by atoms with Gasteiger partial charge in [0.25, 0.3) is 0 Å². The van der Waals surface area contributed by atoms with E-state index in [1.54, 1.807) is 24.3 Å². The van der Waals surface area contributed by atoms with E-state index in [9.17, 15) is 8.78 Å². The van der Waals surface area contributed by atoms with Gasteiger partial charge in [-0.2, -0.15) is 0 Å². The van der Waals surface area contributed by atoms with E-state index in [1.807, 2.05) is 0 Å². The normalized spacial score (nSPS) is 10.2. The Morgan fingerprint density at radius 3 is 2.39 bits per heavy atom. The van der Waals surface area contributed by atoms with E-state index in [0.29, 0.717) is 16.7 Å². The molecule has 0 aliphatic rings. The van der Waals surface area contributed by atoms with Gasteiger partial charge in [-0.05, 0) is 35.4 Å². The van der Waals surface area contributed by atoms with Gasteiger partial charge in [-0.1, -0.05) is 18.2 Å². The van der Waals surface area contributed by atoms with Gasteiger partial charge in [0, 0.05) is 5.56 Å².